The minimum absolute atomic E-state index is 0.0118. The van der Waals surface area contributed by atoms with E-state index >= 15 is 0 Å². The van der Waals surface area contributed by atoms with E-state index in [1.165, 1.54) is 0 Å². The van der Waals surface area contributed by atoms with Crippen molar-refractivity contribution in [2.45, 2.75) is 59.2 Å². The predicted molar refractivity (Wildman–Crippen MR) is 121 cm³/mol. The second-order valence-electron chi connectivity index (χ2n) is 9.99. The summed E-state index contributed by atoms with van der Waals surface area (Å²) in [6, 6.07) is 2.39. The van der Waals surface area contributed by atoms with Crippen LogP contribution in [-0.4, -0.2) is 51.9 Å². The molecule has 4 rings (SSSR count). The van der Waals surface area contributed by atoms with Gasteiger partial charge in [-0.2, -0.15) is 0 Å². The van der Waals surface area contributed by atoms with Crippen molar-refractivity contribution in [2.75, 3.05) is 19.6 Å². The van der Waals surface area contributed by atoms with Crippen molar-refractivity contribution in [2.24, 2.45) is 5.41 Å². The molecule has 1 saturated heterocycles. The molecule has 0 spiro atoms. The molecular formula is C24H31F2N5O2. The summed E-state index contributed by atoms with van der Waals surface area (Å²) in [6.45, 7) is 10.1. The summed E-state index contributed by atoms with van der Waals surface area (Å²) in [6.07, 6.45) is 1.70. The van der Waals surface area contributed by atoms with Gasteiger partial charge in [0.15, 0.2) is 5.82 Å². The maximum absolute atomic E-state index is 14.7. The SMILES string of the molecule is C[C@H]1CCNCc2c(-c3cc(F)ccc3F)nc(C(=O)NC(C(=O)N3CCC3)C(C)(C)C)n21. The third kappa shape index (κ3) is 4.51. The van der Waals surface area contributed by atoms with E-state index in [4.69, 9.17) is 0 Å². The van der Waals surface area contributed by atoms with Gasteiger partial charge in [-0.05, 0) is 49.9 Å². The van der Waals surface area contributed by atoms with Crippen molar-refractivity contribution in [3.05, 3.63) is 41.4 Å². The van der Waals surface area contributed by atoms with Gasteiger partial charge in [-0.1, -0.05) is 20.8 Å². The number of hydrogen-bond donors (Lipinski definition) is 2. The third-order valence-electron chi connectivity index (χ3n) is 6.42. The molecule has 1 fully saturated rings. The molecule has 9 heteroatoms. The molecule has 1 aromatic carbocycles. The number of nitrogens with one attached hydrogen (secondary N) is 2. The van der Waals surface area contributed by atoms with Crippen molar-refractivity contribution in [1.29, 1.82) is 0 Å². The minimum Gasteiger partial charge on any atom is -0.341 e. The van der Waals surface area contributed by atoms with E-state index in [-0.39, 0.29) is 29.0 Å². The van der Waals surface area contributed by atoms with Crippen molar-refractivity contribution in [1.82, 2.24) is 25.1 Å². The smallest absolute Gasteiger partial charge is 0.287 e. The highest BCUT2D eigenvalue weighted by atomic mass is 19.1. The molecule has 1 unspecified atom stereocenters. The maximum atomic E-state index is 14.7. The number of benzene rings is 1. The Morgan fingerprint density at radius 2 is 1.97 bits per heavy atom. The number of rotatable bonds is 4. The number of hydrogen-bond acceptors (Lipinski definition) is 4. The number of carbonyl (C=O) groups excluding carboxylic acids is 2. The van der Waals surface area contributed by atoms with Crippen LogP contribution in [0.3, 0.4) is 0 Å². The summed E-state index contributed by atoms with van der Waals surface area (Å²) in [7, 11) is 0. The molecule has 2 aliphatic rings. The summed E-state index contributed by atoms with van der Waals surface area (Å²) in [4.78, 5) is 32.8. The van der Waals surface area contributed by atoms with Crippen LogP contribution in [0.4, 0.5) is 8.78 Å². The first-order chi connectivity index (χ1) is 15.6. The van der Waals surface area contributed by atoms with Crippen LogP contribution in [0.1, 0.15) is 62.9 Å². The van der Waals surface area contributed by atoms with Gasteiger partial charge in [0.05, 0.1) is 11.4 Å². The van der Waals surface area contributed by atoms with Crippen LogP contribution < -0.4 is 10.6 Å². The molecule has 178 valence electrons. The van der Waals surface area contributed by atoms with Crippen LogP contribution in [0.2, 0.25) is 0 Å². The standard InChI is InChI=1S/C24H31F2N5O2/c1-14-8-9-27-13-18-19(16-12-15(25)6-7-17(16)26)28-21(31(14)18)22(32)29-20(24(2,3)4)23(33)30-10-5-11-30/h6-7,12,14,20,27H,5,8-11,13H2,1-4H3,(H,29,32)/t14-,20?/m0/s1. The fourth-order valence-corrected chi connectivity index (χ4v) is 4.38. The van der Waals surface area contributed by atoms with Gasteiger partial charge in [-0.15, -0.1) is 0 Å². The molecule has 0 radical (unpaired) electrons. The van der Waals surface area contributed by atoms with Crippen LogP contribution in [-0.2, 0) is 11.3 Å². The van der Waals surface area contributed by atoms with Gasteiger partial charge in [-0.3, -0.25) is 9.59 Å². The summed E-state index contributed by atoms with van der Waals surface area (Å²) in [5.74, 6) is -1.70. The van der Waals surface area contributed by atoms with Crippen LogP contribution in [0.25, 0.3) is 11.3 Å². The zero-order valence-corrected chi connectivity index (χ0v) is 19.5. The molecule has 2 N–H and O–H groups in total. The van der Waals surface area contributed by atoms with E-state index in [1.54, 1.807) is 9.47 Å². The highest BCUT2D eigenvalue weighted by Gasteiger charge is 2.39. The van der Waals surface area contributed by atoms with Gasteiger partial charge >= 0.3 is 0 Å². The Morgan fingerprint density at radius 1 is 1.24 bits per heavy atom. The fraction of sp³-hybridized carbons (Fsp3) is 0.542. The highest BCUT2D eigenvalue weighted by molar-refractivity contribution is 5.96. The quantitative estimate of drug-likeness (QED) is 0.736. The highest BCUT2D eigenvalue weighted by Crippen LogP contribution is 2.32. The van der Waals surface area contributed by atoms with E-state index in [2.05, 4.69) is 15.6 Å². The lowest BCUT2D eigenvalue weighted by atomic mass is 9.85. The first-order valence-corrected chi connectivity index (χ1v) is 11.4. The minimum atomic E-state index is -0.730. The topological polar surface area (TPSA) is 79.3 Å². The summed E-state index contributed by atoms with van der Waals surface area (Å²) in [5.41, 5.74) is 0.356. The summed E-state index contributed by atoms with van der Waals surface area (Å²) in [5, 5.41) is 6.18. The Morgan fingerprint density at radius 3 is 2.61 bits per heavy atom. The van der Waals surface area contributed by atoms with Crippen LogP contribution in [0.15, 0.2) is 18.2 Å². The monoisotopic (exact) mass is 459 g/mol. The second-order valence-corrected chi connectivity index (χ2v) is 9.99. The number of aromatic nitrogens is 2. The maximum Gasteiger partial charge on any atom is 0.287 e. The van der Waals surface area contributed by atoms with Gasteiger partial charge in [0.1, 0.15) is 17.7 Å². The van der Waals surface area contributed by atoms with Gasteiger partial charge in [0, 0.05) is 31.2 Å². The van der Waals surface area contributed by atoms with Crippen molar-refractivity contribution < 1.29 is 18.4 Å². The Bertz CT molecular complexity index is 1070. The Kier molecular flexibility index (Phi) is 6.26. The molecule has 0 bridgehead atoms. The molecule has 33 heavy (non-hydrogen) atoms. The Hall–Kier alpha value is -2.81. The Labute approximate surface area is 192 Å². The summed E-state index contributed by atoms with van der Waals surface area (Å²) >= 11 is 0. The summed E-state index contributed by atoms with van der Waals surface area (Å²) < 4.78 is 30.4. The average molecular weight is 460 g/mol. The van der Waals surface area contributed by atoms with Gasteiger partial charge < -0.3 is 20.1 Å². The van der Waals surface area contributed by atoms with E-state index in [9.17, 15) is 18.4 Å². The first kappa shape index (κ1) is 23.4. The predicted octanol–water partition coefficient (Wildman–Crippen LogP) is 3.26. The molecule has 2 aromatic rings. The molecular weight excluding hydrogens is 428 g/mol. The van der Waals surface area contributed by atoms with E-state index in [1.807, 2.05) is 27.7 Å². The number of likely N-dealkylation sites (tertiary alicyclic amines) is 1. The molecule has 2 amide bonds. The van der Waals surface area contributed by atoms with Crippen molar-refractivity contribution in [3.63, 3.8) is 0 Å². The van der Waals surface area contributed by atoms with Gasteiger partial charge in [-0.25, -0.2) is 13.8 Å². The van der Waals surface area contributed by atoms with Gasteiger partial charge in [0.2, 0.25) is 5.91 Å². The van der Waals surface area contributed by atoms with E-state index in [0.29, 0.717) is 31.9 Å². The number of halogens is 2. The van der Waals surface area contributed by atoms with E-state index < -0.39 is 29.0 Å². The molecule has 7 nitrogen and oxygen atoms in total. The number of imidazole rings is 1. The molecule has 2 aliphatic heterocycles. The largest absolute Gasteiger partial charge is 0.341 e. The molecule has 2 atom stereocenters. The molecule has 3 heterocycles. The fourth-order valence-electron chi connectivity index (χ4n) is 4.38. The number of amides is 2. The zero-order chi connectivity index (χ0) is 23.9. The lowest BCUT2D eigenvalue weighted by molar-refractivity contribution is -0.139. The first-order valence-electron chi connectivity index (χ1n) is 11.4. The van der Waals surface area contributed by atoms with Crippen LogP contribution >= 0.6 is 0 Å². The lowest BCUT2D eigenvalue weighted by Gasteiger charge is -2.38. The lowest BCUT2D eigenvalue weighted by Crippen LogP contribution is -2.58. The third-order valence-corrected chi connectivity index (χ3v) is 6.42. The normalized spacial score (nSPS) is 19.3. The molecule has 1 aromatic heterocycles. The number of fused-ring (bicyclic) bond motifs is 1. The van der Waals surface area contributed by atoms with E-state index in [0.717, 1.165) is 31.0 Å². The second kappa shape index (κ2) is 8.85. The molecule has 0 saturated carbocycles. The average Bonchev–Trinajstić information content (AvgIpc) is 2.97. The van der Waals surface area contributed by atoms with Crippen molar-refractivity contribution >= 4 is 11.8 Å². The molecule has 0 aliphatic carbocycles. The van der Waals surface area contributed by atoms with Crippen LogP contribution in [0.5, 0.6) is 0 Å². The van der Waals surface area contributed by atoms with Crippen molar-refractivity contribution in [3.8, 4) is 11.3 Å². The van der Waals surface area contributed by atoms with Gasteiger partial charge in [0.25, 0.3) is 5.91 Å². The number of nitrogens with zero attached hydrogens (tertiary/aromatic N) is 3. The zero-order valence-electron chi connectivity index (χ0n) is 19.5. The Balaban J connectivity index is 1.76. The van der Waals surface area contributed by atoms with Crippen LogP contribution in [0, 0.1) is 17.0 Å². The number of carbonyl (C=O) groups is 2.